The van der Waals surface area contributed by atoms with Crippen LogP contribution in [-0.4, -0.2) is 31.6 Å². The van der Waals surface area contributed by atoms with Crippen LogP contribution in [0.2, 0.25) is 0 Å². The smallest absolute Gasteiger partial charge is 0.211 e. The van der Waals surface area contributed by atoms with Gasteiger partial charge in [0.2, 0.25) is 10.0 Å². The highest BCUT2D eigenvalue weighted by Gasteiger charge is 2.49. The van der Waals surface area contributed by atoms with Crippen molar-refractivity contribution >= 4 is 10.0 Å². The first-order valence-electron chi connectivity index (χ1n) is 6.32. The van der Waals surface area contributed by atoms with Crippen LogP contribution < -0.4 is 0 Å². The topological polar surface area (TPSA) is 37.4 Å². The van der Waals surface area contributed by atoms with Gasteiger partial charge in [0.15, 0.2) is 0 Å². The third-order valence-electron chi connectivity index (χ3n) is 3.78. The average molecular weight is 261 g/mol. The van der Waals surface area contributed by atoms with E-state index in [9.17, 15) is 8.42 Å². The van der Waals surface area contributed by atoms with Gasteiger partial charge in [-0.2, -0.15) is 4.31 Å². The molecule has 1 aliphatic heterocycles. The predicted octanol–water partition coefficient (Wildman–Crippen LogP) is 2.73. The Bertz CT molecular complexity index is 373. The molecule has 2 atom stereocenters. The van der Waals surface area contributed by atoms with Gasteiger partial charge in [0.1, 0.15) is 0 Å². The molecule has 1 saturated heterocycles. The highest BCUT2D eigenvalue weighted by molar-refractivity contribution is 7.88. The Morgan fingerprint density at radius 3 is 1.76 bits per heavy atom. The van der Waals surface area contributed by atoms with Crippen molar-refractivity contribution in [3.8, 4) is 0 Å². The first kappa shape index (κ1) is 15.0. The monoisotopic (exact) mass is 261 g/mol. The first-order valence-corrected chi connectivity index (χ1v) is 8.17. The minimum absolute atomic E-state index is 0.0163. The Kier molecular flexibility index (Phi) is 3.73. The normalized spacial score (nSPS) is 28.6. The van der Waals surface area contributed by atoms with Gasteiger partial charge < -0.3 is 0 Å². The van der Waals surface area contributed by atoms with Gasteiger partial charge in [-0.05, 0) is 23.2 Å². The second kappa shape index (κ2) is 4.23. The summed E-state index contributed by atoms with van der Waals surface area (Å²) in [5, 5.41) is 0. The van der Waals surface area contributed by atoms with E-state index in [2.05, 4.69) is 41.5 Å². The van der Waals surface area contributed by atoms with E-state index in [0.29, 0.717) is 12.5 Å². The van der Waals surface area contributed by atoms with E-state index in [0.717, 1.165) is 6.42 Å². The molecule has 0 aromatic rings. The summed E-state index contributed by atoms with van der Waals surface area (Å²) in [6.45, 7) is 13.7. The SMILES string of the molecule is CC(C)(C)C1CCN(S(C)(=O)=O)C1C(C)(C)C. The molecule has 1 heterocycles. The van der Waals surface area contributed by atoms with Crippen LogP contribution in [0.25, 0.3) is 0 Å². The second-order valence-electron chi connectivity index (χ2n) is 7.45. The van der Waals surface area contributed by atoms with Gasteiger partial charge in [0.05, 0.1) is 6.26 Å². The van der Waals surface area contributed by atoms with Gasteiger partial charge in [0.25, 0.3) is 0 Å². The van der Waals surface area contributed by atoms with Crippen molar-refractivity contribution in [3.63, 3.8) is 0 Å². The number of rotatable bonds is 1. The molecule has 17 heavy (non-hydrogen) atoms. The summed E-state index contributed by atoms with van der Waals surface area (Å²) < 4.78 is 25.5. The minimum Gasteiger partial charge on any atom is -0.212 e. The molecule has 0 N–H and O–H groups in total. The lowest BCUT2D eigenvalue weighted by molar-refractivity contribution is 0.106. The number of sulfonamides is 1. The molecule has 3 nitrogen and oxygen atoms in total. The molecule has 0 aromatic carbocycles. The minimum atomic E-state index is -3.09. The van der Waals surface area contributed by atoms with Gasteiger partial charge in [-0.3, -0.25) is 0 Å². The molecular formula is C13H27NO2S. The van der Waals surface area contributed by atoms with Crippen LogP contribution in [0.4, 0.5) is 0 Å². The van der Waals surface area contributed by atoms with E-state index in [1.165, 1.54) is 6.26 Å². The van der Waals surface area contributed by atoms with Crippen molar-refractivity contribution in [2.75, 3.05) is 12.8 Å². The molecule has 0 aliphatic carbocycles. The fourth-order valence-electron chi connectivity index (χ4n) is 3.08. The highest BCUT2D eigenvalue weighted by atomic mass is 32.2. The third kappa shape index (κ3) is 3.22. The number of hydrogen-bond acceptors (Lipinski definition) is 2. The van der Waals surface area contributed by atoms with Gasteiger partial charge in [-0.15, -0.1) is 0 Å². The summed E-state index contributed by atoms with van der Waals surface area (Å²) in [4.78, 5) is 0. The Morgan fingerprint density at radius 1 is 1.00 bits per heavy atom. The van der Waals surface area contributed by atoms with Gasteiger partial charge in [-0.1, -0.05) is 41.5 Å². The van der Waals surface area contributed by atoms with E-state index < -0.39 is 10.0 Å². The van der Waals surface area contributed by atoms with Crippen LogP contribution in [0.15, 0.2) is 0 Å². The van der Waals surface area contributed by atoms with Crippen molar-refractivity contribution in [3.05, 3.63) is 0 Å². The highest BCUT2D eigenvalue weighted by Crippen LogP contribution is 2.46. The zero-order valence-electron chi connectivity index (χ0n) is 12.2. The van der Waals surface area contributed by atoms with E-state index in [1.807, 2.05) is 0 Å². The van der Waals surface area contributed by atoms with Crippen LogP contribution in [-0.2, 0) is 10.0 Å². The number of nitrogens with zero attached hydrogens (tertiary/aromatic N) is 1. The molecule has 1 rings (SSSR count). The predicted molar refractivity (Wildman–Crippen MR) is 72.4 cm³/mol. The Hall–Kier alpha value is -0.0900. The van der Waals surface area contributed by atoms with E-state index in [4.69, 9.17) is 0 Å². The lowest BCUT2D eigenvalue weighted by atomic mass is 9.69. The summed E-state index contributed by atoms with van der Waals surface area (Å²) in [5.41, 5.74) is 0.134. The second-order valence-corrected chi connectivity index (χ2v) is 9.38. The van der Waals surface area contributed by atoms with E-state index in [1.54, 1.807) is 4.31 Å². The van der Waals surface area contributed by atoms with Crippen molar-refractivity contribution in [1.82, 2.24) is 4.31 Å². The quantitative estimate of drug-likeness (QED) is 0.728. The van der Waals surface area contributed by atoms with Crippen LogP contribution >= 0.6 is 0 Å². The molecule has 4 heteroatoms. The molecular weight excluding hydrogens is 234 g/mol. The van der Waals surface area contributed by atoms with Crippen molar-refractivity contribution < 1.29 is 8.42 Å². The summed E-state index contributed by atoms with van der Waals surface area (Å²) in [5.74, 6) is 0.428. The Balaban J connectivity index is 3.17. The largest absolute Gasteiger partial charge is 0.212 e. The first-order chi connectivity index (χ1) is 7.35. The molecule has 0 bridgehead atoms. The van der Waals surface area contributed by atoms with Crippen LogP contribution in [0.3, 0.4) is 0 Å². The maximum Gasteiger partial charge on any atom is 0.211 e. The molecule has 0 saturated carbocycles. The zero-order chi connectivity index (χ0) is 13.6. The van der Waals surface area contributed by atoms with Gasteiger partial charge >= 0.3 is 0 Å². The fraction of sp³-hybridized carbons (Fsp3) is 1.00. The molecule has 1 fully saturated rings. The third-order valence-corrected chi connectivity index (χ3v) is 5.04. The van der Waals surface area contributed by atoms with Crippen LogP contribution in [0.5, 0.6) is 0 Å². The molecule has 102 valence electrons. The molecule has 0 aromatic heterocycles. The molecule has 0 radical (unpaired) electrons. The van der Waals surface area contributed by atoms with Crippen molar-refractivity contribution in [2.24, 2.45) is 16.7 Å². The van der Waals surface area contributed by atoms with Crippen LogP contribution in [0.1, 0.15) is 48.0 Å². The molecule has 0 spiro atoms. The number of hydrogen-bond donors (Lipinski definition) is 0. The van der Waals surface area contributed by atoms with Gasteiger partial charge in [-0.25, -0.2) is 8.42 Å². The van der Waals surface area contributed by atoms with E-state index >= 15 is 0 Å². The lowest BCUT2D eigenvalue weighted by Crippen LogP contribution is -2.48. The molecule has 1 aliphatic rings. The molecule has 0 amide bonds. The Morgan fingerprint density at radius 2 is 1.47 bits per heavy atom. The summed E-state index contributed by atoms with van der Waals surface area (Å²) in [6.07, 6.45) is 2.30. The average Bonchev–Trinajstić information content (AvgIpc) is 2.42. The van der Waals surface area contributed by atoms with Crippen molar-refractivity contribution in [1.29, 1.82) is 0 Å². The maximum atomic E-state index is 11.9. The zero-order valence-corrected chi connectivity index (χ0v) is 13.1. The summed E-state index contributed by atoms with van der Waals surface area (Å²) >= 11 is 0. The maximum absolute atomic E-state index is 11.9. The van der Waals surface area contributed by atoms with Crippen LogP contribution in [0, 0.1) is 16.7 Å². The fourth-order valence-corrected chi connectivity index (χ4v) is 4.39. The Labute approximate surface area is 107 Å². The summed E-state index contributed by atoms with van der Waals surface area (Å²) in [6, 6.07) is 0.109. The van der Waals surface area contributed by atoms with E-state index in [-0.39, 0.29) is 16.9 Å². The van der Waals surface area contributed by atoms with Crippen molar-refractivity contribution in [2.45, 2.75) is 54.0 Å². The van der Waals surface area contributed by atoms with Gasteiger partial charge in [0, 0.05) is 12.6 Å². The summed E-state index contributed by atoms with van der Waals surface area (Å²) in [7, 11) is -3.09. The standard InChI is InChI=1S/C13H27NO2S/c1-12(2,3)10-8-9-14(17(7,15)16)11(10)13(4,5)6/h10-11H,8-9H2,1-7H3. The lowest BCUT2D eigenvalue weighted by Gasteiger charge is -2.42. The molecule has 2 unspecified atom stereocenters.